The molecule has 27 heavy (non-hydrogen) atoms. The van der Waals surface area contributed by atoms with E-state index in [0.717, 1.165) is 5.56 Å². The lowest BCUT2D eigenvalue weighted by atomic mass is 10.1. The Hall–Kier alpha value is -2.41. The third-order valence-electron chi connectivity index (χ3n) is 4.53. The fourth-order valence-electron chi connectivity index (χ4n) is 3.02. The first-order chi connectivity index (χ1) is 12.5. The minimum absolute atomic E-state index is 0. The van der Waals surface area contributed by atoms with Crippen LogP contribution in [0.3, 0.4) is 0 Å². The van der Waals surface area contributed by atoms with Crippen LogP contribution in [0.1, 0.15) is 26.3 Å². The first-order valence-corrected chi connectivity index (χ1v) is 8.68. The van der Waals surface area contributed by atoms with Gasteiger partial charge in [0.05, 0.1) is 17.4 Å². The zero-order chi connectivity index (χ0) is 18.5. The first kappa shape index (κ1) is 20.9. The Bertz CT molecular complexity index is 813. The summed E-state index contributed by atoms with van der Waals surface area (Å²) in [4.78, 5) is 25.0. The van der Waals surface area contributed by atoms with Gasteiger partial charge in [-0.3, -0.25) is 9.59 Å². The molecule has 2 atom stereocenters. The highest BCUT2D eigenvalue weighted by Gasteiger charge is 2.25. The number of aliphatic hydroxyl groups is 1. The van der Waals surface area contributed by atoms with E-state index in [-0.39, 0.29) is 30.1 Å². The quantitative estimate of drug-likeness (QED) is 0.629. The Morgan fingerprint density at radius 2 is 1.89 bits per heavy atom. The number of carbonyl (C=O) groups is 2. The molecular formula is C20H24ClN3O3. The number of benzene rings is 2. The van der Waals surface area contributed by atoms with Gasteiger partial charge in [-0.25, -0.2) is 0 Å². The van der Waals surface area contributed by atoms with Crippen molar-refractivity contribution in [3.05, 3.63) is 65.2 Å². The highest BCUT2D eigenvalue weighted by Crippen LogP contribution is 2.17. The average Bonchev–Trinajstić information content (AvgIpc) is 3.05. The molecule has 1 saturated heterocycles. The number of halogens is 1. The Labute approximate surface area is 164 Å². The number of aryl methyl sites for hydroxylation is 1. The van der Waals surface area contributed by atoms with Crippen molar-refractivity contribution >= 4 is 29.9 Å². The van der Waals surface area contributed by atoms with Gasteiger partial charge in [-0.2, -0.15) is 0 Å². The molecule has 144 valence electrons. The molecule has 2 unspecified atom stereocenters. The SMILES string of the molecule is Cc1cccc(C(=O)Nc2ccccc2C(=O)NCC2CNCC2O)c1.Cl. The van der Waals surface area contributed by atoms with Crippen molar-refractivity contribution in [2.75, 3.05) is 25.0 Å². The summed E-state index contributed by atoms with van der Waals surface area (Å²) in [5, 5.41) is 18.6. The summed E-state index contributed by atoms with van der Waals surface area (Å²) in [7, 11) is 0. The van der Waals surface area contributed by atoms with Gasteiger partial charge >= 0.3 is 0 Å². The largest absolute Gasteiger partial charge is 0.391 e. The third kappa shape index (κ3) is 5.29. The Morgan fingerprint density at radius 1 is 1.11 bits per heavy atom. The molecule has 1 aliphatic heterocycles. The monoisotopic (exact) mass is 389 g/mol. The van der Waals surface area contributed by atoms with Gasteiger partial charge in [0, 0.05) is 31.1 Å². The van der Waals surface area contributed by atoms with Crippen molar-refractivity contribution in [3.8, 4) is 0 Å². The number of anilines is 1. The molecule has 1 fully saturated rings. The van der Waals surface area contributed by atoms with Gasteiger partial charge in [0.15, 0.2) is 0 Å². The van der Waals surface area contributed by atoms with Gasteiger partial charge < -0.3 is 21.1 Å². The molecule has 1 heterocycles. The lowest BCUT2D eigenvalue weighted by molar-refractivity contribution is 0.0928. The molecule has 3 rings (SSSR count). The summed E-state index contributed by atoms with van der Waals surface area (Å²) in [6.45, 7) is 3.52. The molecule has 1 aliphatic rings. The number of hydrogen-bond donors (Lipinski definition) is 4. The second-order valence-electron chi connectivity index (χ2n) is 6.56. The van der Waals surface area contributed by atoms with E-state index in [1.165, 1.54) is 0 Å². The van der Waals surface area contributed by atoms with Crippen molar-refractivity contribution in [1.29, 1.82) is 0 Å². The van der Waals surface area contributed by atoms with Crippen molar-refractivity contribution in [2.24, 2.45) is 5.92 Å². The molecule has 2 aromatic carbocycles. The molecule has 2 amide bonds. The summed E-state index contributed by atoms with van der Waals surface area (Å²) in [6, 6.07) is 14.2. The molecule has 0 aliphatic carbocycles. The van der Waals surface area contributed by atoms with E-state index in [0.29, 0.717) is 36.4 Å². The number of carbonyl (C=O) groups excluding carboxylic acids is 2. The summed E-state index contributed by atoms with van der Waals surface area (Å²) in [5.41, 5.74) is 2.39. The summed E-state index contributed by atoms with van der Waals surface area (Å²) < 4.78 is 0. The van der Waals surface area contributed by atoms with Crippen LogP contribution < -0.4 is 16.0 Å². The van der Waals surface area contributed by atoms with Gasteiger partial charge in [0.2, 0.25) is 0 Å². The second-order valence-corrected chi connectivity index (χ2v) is 6.56. The van der Waals surface area contributed by atoms with Crippen LogP contribution in [0.2, 0.25) is 0 Å². The van der Waals surface area contributed by atoms with Crippen LogP contribution >= 0.6 is 12.4 Å². The van der Waals surface area contributed by atoms with Crippen LogP contribution in [-0.2, 0) is 0 Å². The Morgan fingerprint density at radius 3 is 2.59 bits per heavy atom. The normalized spacial score (nSPS) is 18.4. The van der Waals surface area contributed by atoms with Gasteiger partial charge in [-0.05, 0) is 31.2 Å². The smallest absolute Gasteiger partial charge is 0.255 e. The average molecular weight is 390 g/mol. The molecule has 0 saturated carbocycles. The van der Waals surface area contributed by atoms with Gasteiger partial charge in [-0.1, -0.05) is 29.8 Å². The van der Waals surface area contributed by atoms with E-state index < -0.39 is 6.10 Å². The second kappa shape index (κ2) is 9.50. The number of rotatable bonds is 5. The lowest BCUT2D eigenvalue weighted by Gasteiger charge is -2.16. The van der Waals surface area contributed by atoms with E-state index in [4.69, 9.17) is 0 Å². The molecular weight excluding hydrogens is 366 g/mol. The standard InChI is InChI=1S/C20H23N3O3.ClH/c1-13-5-4-6-14(9-13)19(25)23-17-8-3-2-7-16(17)20(26)22-11-15-10-21-12-18(15)24;/h2-9,15,18,21,24H,10-12H2,1H3,(H,22,26)(H,23,25);1H. The van der Waals surface area contributed by atoms with Crippen LogP contribution in [0.25, 0.3) is 0 Å². The van der Waals surface area contributed by atoms with Crippen molar-refractivity contribution in [3.63, 3.8) is 0 Å². The highest BCUT2D eigenvalue weighted by molar-refractivity contribution is 6.09. The summed E-state index contributed by atoms with van der Waals surface area (Å²) >= 11 is 0. The van der Waals surface area contributed by atoms with Gasteiger partial charge in [0.25, 0.3) is 11.8 Å². The lowest BCUT2D eigenvalue weighted by Crippen LogP contribution is -2.34. The van der Waals surface area contributed by atoms with E-state index in [9.17, 15) is 14.7 Å². The highest BCUT2D eigenvalue weighted by atomic mass is 35.5. The maximum absolute atomic E-state index is 12.5. The number of para-hydroxylation sites is 1. The zero-order valence-corrected chi connectivity index (χ0v) is 15.9. The molecule has 2 aromatic rings. The van der Waals surface area contributed by atoms with Crippen molar-refractivity contribution in [1.82, 2.24) is 10.6 Å². The van der Waals surface area contributed by atoms with E-state index in [2.05, 4.69) is 16.0 Å². The fourth-order valence-corrected chi connectivity index (χ4v) is 3.02. The van der Waals surface area contributed by atoms with E-state index >= 15 is 0 Å². The topological polar surface area (TPSA) is 90.5 Å². The van der Waals surface area contributed by atoms with Crippen LogP contribution in [0, 0.1) is 12.8 Å². The zero-order valence-electron chi connectivity index (χ0n) is 15.1. The molecule has 0 aromatic heterocycles. The van der Waals surface area contributed by atoms with E-state index in [1.54, 1.807) is 36.4 Å². The minimum Gasteiger partial charge on any atom is -0.391 e. The maximum Gasteiger partial charge on any atom is 0.255 e. The number of nitrogens with one attached hydrogen (secondary N) is 3. The number of aliphatic hydroxyl groups excluding tert-OH is 1. The predicted molar refractivity (Wildman–Crippen MR) is 108 cm³/mol. The number of β-amino-alcohol motifs (C(OH)–C–C–N with tert-alkyl or cyclic N) is 1. The van der Waals surface area contributed by atoms with Crippen molar-refractivity contribution in [2.45, 2.75) is 13.0 Å². The van der Waals surface area contributed by atoms with E-state index in [1.807, 2.05) is 19.1 Å². The van der Waals surface area contributed by atoms with Crippen molar-refractivity contribution < 1.29 is 14.7 Å². The van der Waals surface area contributed by atoms with Crippen LogP contribution in [-0.4, -0.2) is 42.7 Å². The molecule has 0 spiro atoms. The predicted octanol–water partition coefficient (Wildman–Crippen LogP) is 1.98. The first-order valence-electron chi connectivity index (χ1n) is 8.68. The number of amides is 2. The van der Waals surface area contributed by atoms with Gasteiger partial charge in [-0.15, -0.1) is 12.4 Å². The molecule has 0 radical (unpaired) electrons. The fraction of sp³-hybridized carbons (Fsp3) is 0.300. The Kier molecular flexibility index (Phi) is 7.36. The minimum atomic E-state index is -0.452. The van der Waals surface area contributed by atoms with Crippen LogP contribution in [0.5, 0.6) is 0 Å². The van der Waals surface area contributed by atoms with Gasteiger partial charge in [0.1, 0.15) is 0 Å². The summed E-state index contributed by atoms with van der Waals surface area (Å²) in [5.74, 6) is -0.540. The molecule has 7 heteroatoms. The Balaban J connectivity index is 0.00000261. The molecule has 4 N–H and O–H groups in total. The summed E-state index contributed by atoms with van der Waals surface area (Å²) in [6.07, 6.45) is -0.452. The number of hydrogen-bond acceptors (Lipinski definition) is 4. The third-order valence-corrected chi connectivity index (χ3v) is 4.53. The maximum atomic E-state index is 12.5. The molecule has 6 nitrogen and oxygen atoms in total. The van der Waals surface area contributed by atoms with Crippen LogP contribution in [0.15, 0.2) is 48.5 Å². The molecule has 0 bridgehead atoms. The van der Waals surface area contributed by atoms with Crippen LogP contribution in [0.4, 0.5) is 5.69 Å².